The first-order chi connectivity index (χ1) is 7.22. The van der Waals surface area contributed by atoms with E-state index in [4.69, 9.17) is 4.74 Å². The molecule has 2 atom stereocenters. The van der Waals surface area contributed by atoms with Gasteiger partial charge in [-0.2, -0.15) is 0 Å². The maximum Gasteiger partial charge on any atom is 0.0897 e. The average molecular weight is 215 g/mol. The highest BCUT2D eigenvalue weighted by Gasteiger charge is 2.21. The first kappa shape index (κ1) is 12.9. The van der Waals surface area contributed by atoms with Crippen LogP contribution in [0.2, 0.25) is 0 Å². The average Bonchev–Trinajstić information content (AvgIpc) is 2.98. The first-order valence-corrected chi connectivity index (χ1v) is 6.21. The number of ether oxygens (including phenoxy) is 1. The highest BCUT2D eigenvalue weighted by molar-refractivity contribution is 4.81. The van der Waals surface area contributed by atoms with Crippen LogP contribution in [0.3, 0.4) is 0 Å². The van der Waals surface area contributed by atoms with Gasteiger partial charge in [0.1, 0.15) is 0 Å². The molecular weight excluding hydrogens is 190 g/mol. The number of hydrogen-bond acceptors (Lipinski definition) is 3. The molecule has 1 aliphatic carbocycles. The van der Waals surface area contributed by atoms with Crippen LogP contribution in [0.1, 0.15) is 39.5 Å². The van der Waals surface area contributed by atoms with E-state index in [1.807, 2.05) is 0 Å². The van der Waals surface area contributed by atoms with Crippen molar-refractivity contribution in [2.75, 3.05) is 19.8 Å². The summed E-state index contributed by atoms with van der Waals surface area (Å²) in [4.78, 5) is 0. The van der Waals surface area contributed by atoms with Crippen molar-refractivity contribution in [3.8, 4) is 0 Å². The Balaban J connectivity index is 1.88. The van der Waals surface area contributed by atoms with E-state index in [1.165, 1.54) is 25.7 Å². The van der Waals surface area contributed by atoms with Crippen LogP contribution in [0.5, 0.6) is 0 Å². The van der Waals surface area contributed by atoms with Gasteiger partial charge in [-0.25, -0.2) is 0 Å². The van der Waals surface area contributed by atoms with E-state index < -0.39 is 0 Å². The van der Waals surface area contributed by atoms with E-state index in [9.17, 15) is 5.11 Å². The highest BCUT2D eigenvalue weighted by Crippen LogP contribution is 2.18. The fourth-order valence-electron chi connectivity index (χ4n) is 1.63. The number of hydrogen-bond donors (Lipinski definition) is 2. The number of nitrogens with one attached hydrogen (secondary N) is 1. The molecule has 2 unspecified atom stereocenters. The van der Waals surface area contributed by atoms with Crippen molar-refractivity contribution in [1.29, 1.82) is 0 Å². The van der Waals surface area contributed by atoms with Gasteiger partial charge >= 0.3 is 0 Å². The third-order valence-corrected chi connectivity index (χ3v) is 2.71. The summed E-state index contributed by atoms with van der Waals surface area (Å²) >= 11 is 0. The lowest BCUT2D eigenvalue weighted by molar-refractivity contribution is 0.0226. The normalized spacial score (nSPS) is 20.2. The van der Waals surface area contributed by atoms with E-state index in [2.05, 4.69) is 19.2 Å². The molecule has 90 valence electrons. The molecule has 1 saturated carbocycles. The zero-order chi connectivity index (χ0) is 11.1. The lowest BCUT2D eigenvalue weighted by Crippen LogP contribution is -2.32. The molecule has 0 aromatic heterocycles. The third kappa shape index (κ3) is 6.88. The molecule has 0 aromatic rings. The van der Waals surface area contributed by atoms with Crippen molar-refractivity contribution in [2.45, 2.75) is 51.7 Å². The Morgan fingerprint density at radius 3 is 2.73 bits per heavy atom. The summed E-state index contributed by atoms with van der Waals surface area (Å²) in [6, 6.07) is 0.665. The molecule has 0 amide bonds. The number of aliphatic hydroxyl groups excluding tert-OH is 1. The summed E-state index contributed by atoms with van der Waals surface area (Å²) in [5, 5.41) is 12.9. The summed E-state index contributed by atoms with van der Waals surface area (Å²) in [5.41, 5.74) is 0. The Hall–Kier alpha value is -0.120. The monoisotopic (exact) mass is 215 g/mol. The molecule has 0 radical (unpaired) electrons. The Morgan fingerprint density at radius 1 is 1.40 bits per heavy atom. The zero-order valence-corrected chi connectivity index (χ0v) is 10.0. The lowest BCUT2D eigenvalue weighted by Gasteiger charge is -2.14. The summed E-state index contributed by atoms with van der Waals surface area (Å²) in [5.74, 6) is 0.610. The molecule has 1 aliphatic rings. The topological polar surface area (TPSA) is 41.5 Å². The van der Waals surface area contributed by atoms with E-state index in [0.717, 1.165) is 6.61 Å². The molecule has 0 heterocycles. The zero-order valence-electron chi connectivity index (χ0n) is 10.0. The summed E-state index contributed by atoms with van der Waals surface area (Å²) in [6.45, 7) is 6.29. The Morgan fingerprint density at radius 2 is 2.13 bits per heavy atom. The summed E-state index contributed by atoms with van der Waals surface area (Å²) in [6.07, 6.45) is 4.59. The fraction of sp³-hybridized carbons (Fsp3) is 1.00. The van der Waals surface area contributed by atoms with Gasteiger partial charge in [0.2, 0.25) is 0 Å². The van der Waals surface area contributed by atoms with E-state index in [-0.39, 0.29) is 6.10 Å². The van der Waals surface area contributed by atoms with Gasteiger partial charge in [0.05, 0.1) is 12.7 Å². The summed E-state index contributed by atoms with van der Waals surface area (Å²) < 4.78 is 5.47. The largest absolute Gasteiger partial charge is 0.389 e. The number of rotatable bonds is 9. The summed E-state index contributed by atoms with van der Waals surface area (Å²) in [7, 11) is 0. The SMILES string of the molecule is CCCC(C)COCC(O)CNC1CC1. The van der Waals surface area contributed by atoms with Gasteiger partial charge in [-0.05, 0) is 25.2 Å². The molecule has 0 spiro atoms. The Bertz CT molecular complexity index is 160. The first-order valence-electron chi connectivity index (χ1n) is 6.21. The predicted molar refractivity (Wildman–Crippen MR) is 61.9 cm³/mol. The highest BCUT2D eigenvalue weighted by atomic mass is 16.5. The van der Waals surface area contributed by atoms with Crippen LogP contribution in [0, 0.1) is 5.92 Å². The van der Waals surface area contributed by atoms with Crippen LogP contribution in [0.4, 0.5) is 0 Å². The smallest absolute Gasteiger partial charge is 0.0897 e. The fourth-order valence-corrected chi connectivity index (χ4v) is 1.63. The van der Waals surface area contributed by atoms with Crippen molar-refractivity contribution < 1.29 is 9.84 Å². The van der Waals surface area contributed by atoms with Gasteiger partial charge in [-0.15, -0.1) is 0 Å². The molecule has 3 nitrogen and oxygen atoms in total. The molecule has 2 N–H and O–H groups in total. The lowest BCUT2D eigenvalue weighted by atomic mass is 10.1. The van der Waals surface area contributed by atoms with E-state index in [1.54, 1.807) is 0 Å². The van der Waals surface area contributed by atoms with Gasteiger partial charge in [0.25, 0.3) is 0 Å². The van der Waals surface area contributed by atoms with Crippen LogP contribution in [-0.4, -0.2) is 37.0 Å². The minimum Gasteiger partial charge on any atom is -0.389 e. The van der Waals surface area contributed by atoms with Gasteiger partial charge < -0.3 is 15.2 Å². The van der Waals surface area contributed by atoms with E-state index in [0.29, 0.717) is 25.1 Å². The second kappa shape index (κ2) is 7.20. The minimum atomic E-state index is -0.348. The molecule has 1 fully saturated rings. The third-order valence-electron chi connectivity index (χ3n) is 2.71. The minimum absolute atomic E-state index is 0.348. The Kier molecular flexibility index (Phi) is 6.22. The molecule has 0 aliphatic heterocycles. The molecule has 1 rings (SSSR count). The van der Waals surface area contributed by atoms with Crippen molar-refractivity contribution in [2.24, 2.45) is 5.92 Å². The van der Waals surface area contributed by atoms with Gasteiger partial charge in [-0.1, -0.05) is 20.3 Å². The maximum atomic E-state index is 9.58. The van der Waals surface area contributed by atoms with Gasteiger partial charge in [-0.3, -0.25) is 0 Å². The molecule has 0 bridgehead atoms. The Labute approximate surface area is 93.2 Å². The van der Waals surface area contributed by atoms with Crippen molar-refractivity contribution >= 4 is 0 Å². The number of aliphatic hydroxyl groups is 1. The van der Waals surface area contributed by atoms with Gasteiger partial charge in [0, 0.05) is 19.2 Å². The molecule has 0 saturated heterocycles. The molecular formula is C12H25NO2. The van der Waals surface area contributed by atoms with Crippen molar-refractivity contribution in [3.05, 3.63) is 0 Å². The second-order valence-corrected chi connectivity index (χ2v) is 4.77. The van der Waals surface area contributed by atoms with Gasteiger partial charge in [0.15, 0.2) is 0 Å². The van der Waals surface area contributed by atoms with Crippen LogP contribution in [0.15, 0.2) is 0 Å². The predicted octanol–water partition coefficient (Wildman–Crippen LogP) is 1.55. The van der Waals surface area contributed by atoms with Crippen molar-refractivity contribution in [3.63, 3.8) is 0 Å². The maximum absolute atomic E-state index is 9.58. The van der Waals surface area contributed by atoms with Crippen LogP contribution < -0.4 is 5.32 Å². The van der Waals surface area contributed by atoms with Crippen molar-refractivity contribution in [1.82, 2.24) is 5.32 Å². The molecule has 3 heteroatoms. The molecule has 0 aromatic carbocycles. The quantitative estimate of drug-likeness (QED) is 0.613. The standard InChI is InChI=1S/C12H25NO2/c1-3-4-10(2)8-15-9-12(14)7-13-11-5-6-11/h10-14H,3-9H2,1-2H3. The molecule has 15 heavy (non-hydrogen) atoms. The second-order valence-electron chi connectivity index (χ2n) is 4.77. The van der Waals surface area contributed by atoms with E-state index >= 15 is 0 Å². The van der Waals surface area contributed by atoms with Crippen LogP contribution >= 0.6 is 0 Å². The van der Waals surface area contributed by atoms with Crippen LogP contribution in [0.25, 0.3) is 0 Å². The van der Waals surface area contributed by atoms with Crippen LogP contribution in [-0.2, 0) is 4.74 Å².